The minimum Gasteiger partial charge on any atom is -0.481 e. The highest BCUT2D eigenvalue weighted by atomic mass is 16.4. The minimum atomic E-state index is -0.889. The van der Waals surface area contributed by atoms with Crippen LogP contribution >= 0.6 is 0 Å². The molecule has 4 nitrogen and oxygen atoms in total. The van der Waals surface area contributed by atoms with Crippen LogP contribution in [0.3, 0.4) is 0 Å². The number of aldehydes is 1. The van der Waals surface area contributed by atoms with Crippen LogP contribution in [0.5, 0.6) is 0 Å². The Morgan fingerprint density at radius 3 is 2.38 bits per heavy atom. The molecule has 0 aromatic rings. The lowest BCUT2D eigenvalue weighted by atomic mass is 10.2. The van der Waals surface area contributed by atoms with Crippen molar-refractivity contribution in [2.45, 2.75) is 6.42 Å². The summed E-state index contributed by atoms with van der Waals surface area (Å²) in [6.45, 7) is 0. The van der Waals surface area contributed by atoms with Crippen LogP contribution in [-0.4, -0.2) is 36.4 Å². The van der Waals surface area contributed by atoms with Crippen molar-refractivity contribution in [2.75, 3.05) is 14.1 Å². The molecule has 13 heavy (non-hydrogen) atoms. The van der Waals surface area contributed by atoms with Gasteiger partial charge < -0.3 is 10.0 Å². The molecule has 0 spiro atoms. The lowest BCUT2D eigenvalue weighted by Gasteiger charge is -2.14. The van der Waals surface area contributed by atoms with Gasteiger partial charge in [-0.1, -0.05) is 6.08 Å². The predicted octanol–water partition coefficient (Wildman–Crippen LogP) is 0.662. The maximum atomic E-state index is 10.4. The molecule has 0 bridgehead atoms. The number of hydrogen-bond acceptors (Lipinski definition) is 3. The smallest absolute Gasteiger partial charge is 0.309 e. The molecule has 0 aliphatic carbocycles. The number of hydrogen-bond donors (Lipinski definition) is 1. The van der Waals surface area contributed by atoms with Gasteiger partial charge in [0.15, 0.2) is 0 Å². The first-order valence-corrected chi connectivity index (χ1v) is 3.78. The number of aliphatic carboxylic acids is 1. The van der Waals surface area contributed by atoms with Crippen molar-refractivity contribution < 1.29 is 14.7 Å². The van der Waals surface area contributed by atoms with E-state index in [0.29, 0.717) is 12.0 Å². The third kappa shape index (κ3) is 5.66. The van der Waals surface area contributed by atoms with Gasteiger partial charge in [0.05, 0.1) is 6.42 Å². The highest BCUT2D eigenvalue weighted by Gasteiger charge is 2.03. The summed E-state index contributed by atoms with van der Waals surface area (Å²) in [6, 6.07) is 0. The van der Waals surface area contributed by atoms with Crippen LogP contribution in [0.25, 0.3) is 0 Å². The molecule has 0 radical (unpaired) electrons. The molecule has 0 unspecified atom stereocenters. The van der Waals surface area contributed by atoms with Crippen LogP contribution in [0, 0.1) is 0 Å². The van der Waals surface area contributed by atoms with E-state index in [0.717, 1.165) is 0 Å². The second kappa shape index (κ2) is 5.99. The van der Waals surface area contributed by atoms with Crippen molar-refractivity contribution in [2.24, 2.45) is 0 Å². The Morgan fingerprint density at radius 1 is 1.38 bits per heavy atom. The van der Waals surface area contributed by atoms with Crippen molar-refractivity contribution in [1.82, 2.24) is 4.90 Å². The zero-order valence-electron chi connectivity index (χ0n) is 7.73. The molecule has 0 amide bonds. The molecule has 0 atom stereocenters. The monoisotopic (exact) mass is 183 g/mol. The fraction of sp³-hybridized carbons (Fsp3) is 0.333. The third-order valence-electron chi connectivity index (χ3n) is 1.39. The van der Waals surface area contributed by atoms with Crippen molar-refractivity contribution in [3.8, 4) is 0 Å². The summed E-state index contributed by atoms with van der Waals surface area (Å²) in [5.41, 5.74) is 0.644. The van der Waals surface area contributed by atoms with E-state index in [2.05, 4.69) is 0 Å². The van der Waals surface area contributed by atoms with E-state index >= 15 is 0 Å². The first-order chi connectivity index (χ1) is 6.07. The maximum absolute atomic E-state index is 10.4. The molecule has 0 aliphatic heterocycles. The van der Waals surface area contributed by atoms with Crippen molar-refractivity contribution >= 4 is 12.3 Å². The molecule has 0 saturated carbocycles. The fourth-order valence-corrected chi connectivity index (χ4v) is 0.733. The van der Waals surface area contributed by atoms with E-state index in [-0.39, 0.29) is 6.42 Å². The number of nitrogens with zero attached hydrogens (tertiary/aromatic N) is 1. The first kappa shape index (κ1) is 11.4. The van der Waals surface area contributed by atoms with Gasteiger partial charge in [-0.25, -0.2) is 0 Å². The Bertz CT molecular complexity index is 241. The van der Waals surface area contributed by atoms with Crippen LogP contribution in [-0.2, 0) is 9.59 Å². The predicted molar refractivity (Wildman–Crippen MR) is 49.2 cm³/mol. The number of carboxylic acid groups (broad SMARTS) is 1. The number of allylic oxidation sites excluding steroid dienone is 3. The van der Waals surface area contributed by atoms with Crippen LogP contribution < -0.4 is 0 Å². The van der Waals surface area contributed by atoms with Crippen LogP contribution in [0.4, 0.5) is 0 Å². The van der Waals surface area contributed by atoms with Gasteiger partial charge in [0, 0.05) is 19.8 Å². The Balaban J connectivity index is 4.40. The molecule has 4 heteroatoms. The van der Waals surface area contributed by atoms with Crippen molar-refractivity contribution in [1.29, 1.82) is 0 Å². The van der Waals surface area contributed by atoms with Crippen LogP contribution in [0.1, 0.15) is 6.42 Å². The van der Waals surface area contributed by atoms with E-state index in [1.165, 1.54) is 12.2 Å². The third-order valence-corrected chi connectivity index (χ3v) is 1.39. The van der Waals surface area contributed by atoms with E-state index in [4.69, 9.17) is 5.11 Å². The molecule has 1 N–H and O–H groups in total. The van der Waals surface area contributed by atoms with E-state index in [9.17, 15) is 9.59 Å². The lowest BCUT2D eigenvalue weighted by Crippen LogP contribution is -2.14. The Morgan fingerprint density at radius 2 is 2.00 bits per heavy atom. The minimum absolute atomic E-state index is 0.0454. The standard InChI is InChI=1S/C9H13NO3/c1-10(2)8(7-9(12)13)5-3-4-6-11/h3-6H,7H2,1-2H3,(H,12,13)/b4-3+,8-5-. The van der Waals surface area contributed by atoms with Gasteiger partial charge >= 0.3 is 5.97 Å². The summed E-state index contributed by atoms with van der Waals surface area (Å²) in [4.78, 5) is 22.0. The topological polar surface area (TPSA) is 57.6 Å². The van der Waals surface area contributed by atoms with E-state index in [1.54, 1.807) is 25.1 Å². The van der Waals surface area contributed by atoms with Gasteiger partial charge in [-0.05, 0) is 12.2 Å². The highest BCUT2D eigenvalue weighted by Crippen LogP contribution is 2.04. The second-order valence-electron chi connectivity index (χ2n) is 2.64. The zero-order chi connectivity index (χ0) is 10.3. The average Bonchev–Trinajstić information content (AvgIpc) is 2.02. The largest absolute Gasteiger partial charge is 0.481 e. The summed E-state index contributed by atoms with van der Waals surface area (Å²) in [5.74, 6) is -0.889. The summed E-state index contributed by atoms with van der Waals surface area (Å²) in [5, 5.41) is 8.53. The Kier molecular flexibility index (Phi) is 5.27. The second-order valence-corrected chi connectivity index (χ2v) is 2.64. The highest BCUT2D eigenvalue weighted by molar-refractivity contribution is 5.70. The van der Waals surface area contributed by atoms with Gasteiger partial charge in [-0.3, -0.25) is 9.59 Å². The molecule has 0 aliphatic rings. The molecule has 0 aromatic heterocycles. The van der Waals surface area contributed by atoms with Crippen LogP contribution in [0.2, 0.25) is 0 Å². The maximum Gasteiger partial charge on any atom is 0.309 e. The summed E-state index contributed by atoms with van der Waals surface area (Å²) in [7, 11) is 3.51. The van der Waals surface area contributed by atoms with Gasteiger partial charge in [-0.2, -0.15) is 0 Å². The first-order valence-electron chi connectivity index (χ1n) is 3.78. The Labute approximate surface area is 77.2 Å². The molecular weight excluding hydrogens is 170 g/mol. The van der Waals surface area contributed by atoms with Gasteiger partial charge in [0.2, 0.25) is 0 Å². The molecular formula is C9H13NO3. The van der Waals surface area contributed by atoms with E-state index < -0.39 is 5.97 Å². The fourth-order valence-electron chi connectivity index (χ4n) is 0.733. The molecule has 0 rings (SSSR count). The average molecular weight is 183 g/mol. The lowest BCUT2D eigenvalue weighted by molar-refractivity contribution is -0.136. The van der Waals surface area contributed by atoms with Gasteiger partial charge in [0.1, 0.15) is 6.29 Å². The summed E-state index contributed by atoms with van der Waals surface area (Å²) < 4.78 is 0. The Hall–Kier alpha value is -1.58. The molecule has 72 valence electrons. The quantitative estimate of drug-likeness (QED) is 0.386. The van der Waals surface area contributed by atoms with Crippen molar-refractivity contribution in [3.05, 3.63) is 23.9 Å². The normalized spacial score (nSPS) is 11.7. The molecule has 0 saturated heterocycles. The number of carboxylic acids is 1. The molecule has 0 fully saturated rings. The number of carbonyl (C=O) groups is 2. The molecule has 0 heterocycles. The number of carbonyl (C=O) groups excluding carboxylic acids is 1. The van der Waals surface area contributed by atoms with E-state index in [1.807, 2.05) is 0 Å². The number of rotatable bonds is 5. The summed E-state index contributed by atoms with van der Waals surface area (Å²) in [6.07, 6.45) is 5.03. The summed E-state index contributed by atoms with van der Waals surface area (Å²) >= 11 is 0. The van der Waals surface area contributed by atoms with Crippen LogP contribution in [0.15, 0.2) is 23.9 Å². The SMILES string of the molecule is CN(C)/C(=C\C=C\C=O)CC(=O)O. The zero-order valence-corrected chi connectivity index (χ0v) is 7.73. The molecule has 0 aromatic carbocycles. The van der Waals surface area contributed by atoms with Gasteiger partial charge in [0.25, 0.3) is 0 Å². The van der Waals surface area contributed by atoms with Crippen molar-refractivity contribution in [3.63, 3.8) is 0 Å². The van der Waals surface area contributed by atoms with Gasteiger partial charge in [-0.15, -0.1) is 0 Å².